The maximum absolute atomic E-state index is 14.6. The Balaban J connectivity index is 1.34. The van der Waals surface area contributed by atoms with Crippen molar-refractivity contribution >= 4 is 35.8 Å². The van der Waals surface area contributed by atoms with Crippen LogP contribution in [-0.2, 0) is 29.5 Å². The van der Waals surface area contributed by atoms with Crippen molar-refractivity contribution in [3.8, 4) is 5.75 Å². The second-order valence-electron chi connectivity index (χ2n) is 15.0. The number of hydrogen-bond donors (Lipinski definition) is 0. The number of benzene rings is 3. The molecule has 4 atom stereocenters. The van der Waals surface area contributed by atoms with E-state index in [1.54, 1.807) is 55.3 Å². The van der Waals surface area contributed by atoms with E-state index >= 15 is 0 Å². The van der Waals surface area contributed by atoms with Gasteiger partial charge in [0.25, 0.3) is 10.0 Å². The Labute approximate surface area is 298 Å². The fourth-order valence-electron chi connectivity index (χ4n) is 9.18. The quantitative estimate of drug-likeness (QED) is 0.149. The van der Waals surface area contributed by atoms with Crippen molar-refractivity contribution in [3.05, 3.63) is 90.0 Å². The van der Waals surface area contributed by atoms with E-state index in [1.165, 1.54) is 9.21 Å². The van der Waals surface area contributed by atoms with Crippen molar-refractivity contribution in [1.82, 2.24) is 9.80 Å². The summed E-state index contributed by atoms with van der Waals surface area (Å²) in [4.78, 5) is 31.1. The van der Waals surface area contributed by atoms with E-state index in [2.05, 4.69) is 41.5 Å². The summed E-state index contributed by atoms with van der Waals surface area (Å²) in [6, 6.07) is 21.9. The van der Waals surface area contributed by atoms with Crippen LogP contribution in [0.4, 0.5) is 5.69 Å². The molecule has 50 heavy (non-hydrogen) atoms. The standard InChI is InChI=1S/C39H51N3O6SSi/c1-26(2)50(27(3)4,28(5)6)48-24-14-23-47-31-21-19-30(20-22-31)39-25-35-37(44)40(8)29(7)36(43)41(35)38(39)42(34-18-13-12-17-33(34)39)49(45,46)32-15-10-9-11-16-32/h9-13,15-22,26-29,35,38H,14,23-25H2,1-8H3/t29-,35-,38-,39-/m0/s1. The first-order chi connectivity index (χ1) is 23.7. The normalized spacial score (nSPS) is 23.6. The zero-order chi connectivity index (χ0) is 36.2. The lowest BCUT2D eigenvalue weighted by Gasteiger charge is -2.44. The number of carbonyl (C=O) groups is 2. The summed E-state index contributed by atoms with van der Waals surface area (Å²) in [5.41, 5.74) is 2.66. The smallest absolute Gasteiger partial charge is 0.266 e. The van der Waals surface area contributed by atoms with Crippen LogP contribution in [0.2, 0.25) is 16.6 Å². The van der Waals surface area contributed by atoms with Gasteiger partial charge in [-0.25, -0.2) is 12.7 Å². The molecule has 11 heteroatoms. The van der Waals surface area contributed by atoms with Crippen LogP contribution in [0.1, 0.15) is 72.4 Å². The van der Waals surface area contributed by atoms with Gasteiger partial charge < -0.3 is 19.0 Å². The maximum Gasteiger partial charge on any atom is 0.266 e. The van der Waals surface area contributed by atoms with Gasteiger partial charge in [0, 0.05) is 20.1 Å². The monoisotopic (exact) mass is 717 g/mol. The molecule has 0 N–H and O–H groups in total. The Morgan fingerprint density at radius 3 is 2.04 bits per heavy atom. The minimum atomic E-state index is -4.15. The number of carbonyl (C=O) groups excluding carboxylic acids is 2. The zero-order valence-corrected chi connectivity index (χ0v) is 32.3. The molecule has 3 aromatic carbocycles. The third-order valence-corrected chi connectivity index (χ3v) is 19.4. The van der Waals surface area contributed by atoms with Crippen molar-refractivity contribution in [3.63, 3.8) is 0 Å². The van der Waals surface area contributed by atoms with Crippen molar-refractivity contribution in [1.29, 1.82) is 0 Å². The predicted molar refractivity (Wildman–Crippen MR) is 198 cm³/mol. The van der Waals surface area contributed by atoms with E-state index in [0.29, 0.717) is 41.3 Å². The number of piperazine rings is 1. The van der Waals surface area contributed by atoms with Gasteiger partial charge in [0.05, 0.1) is 22.6 Å². The first kappa shape index (κ1) is 36.1. The SMILES string of the molecule is CC(C)[Si](OCCCOc1ccc([C@]23C[C@H]4C(=O)N(C)[C@@H](C)C(=O)N4[C@H]2N(S(=O)(=O)c2ccccc2)c2ccccc23)cc1)(C(C)C)C(C)C. The van der Waals surface area contributed by atoms with Gasteiger partial charge in [0.2, 0.25) is 11.8 Å². The number of hydrogen-bond acceptors (Lipinski definition) is 6. The molecular weight excluding hydrogens is 667 g/mol. The highest BCUT2D eigenvalue weighted by Gasteiger charge is 2.68. The highest BCUT2D eigenvalue weighted by molar-refractivity contribution is 7.92. The zero-order valence-electron chi connectivity index (χ0n) is 30.5. The Bertz CT molecular complexity index is 1810. The van der Waals surface area contributed by atoms with Crippen LogP contribution in [-0.4, -0.2) is 76.9 Å². The molecule has 268 valence electrons. The van der Waals surface area contributed by atoms with Crippen molar-refractivity contribution in [2.45, 2.75) is 106 Å². The van der Waals surface area contributed by atoms with Crippen LogP contribution in [0.5, 0.6) is 5.75 Å². The van der Waals surface area contributed by atoms with Gasteiger partial charge in [-0.05, 0) is 71.4 Å². The van der Waals surface area contributed by atoms with Crippen LogP contribution in [0.25, 0.3) is 0 Å². The van der Waals surface area contributed by atoms with E-state index in [9.17, 15) is 18.0 Å². The average molecular weight is 718 g/mol. The Morgan fingerprint density at radius 1 is 0.820 bits per heavy atom. The number of ether oxygens (including phenoxy) is 1. The molecule has 2 fully saturated rings. The summed E-state index contributed by atoms with van der Waals surface area (Å²) in [6.45, 7) is 16.6. The summed E-state index contributed by atoms with van der Waals surface area (Å²) >= 11 is 0. The van der Waals surface area contributed by atoms with Gasteiger partial charge in [-0.1, -0.05) is 90.1 Å². The number of fused-ring (bicyclic) bond motifs is 5. The van der Waals surface area contributed by atoms with Gasteiger partial charge >= 0.3 is 0 Å². The molecule has 6 rings (SSSR count). The summed E-state index contributed by atoms with van der Waals surface area (Å²) in [7, 11) is -4.46. The van der Waals surface area contributed by atoms with Gasteiger partial charge in [-0.2, -0.15) is 0 Å². The number of rotatable bonds is 12. The van der Waals surface area contributed by atoms with Gasteiger partial charge in [-0.15, -0.1) is 0 Å². The van der Waals surface area contributed by atoms with Crippen molar-refractivity contribution in [2.24, 2.45) is 0 Å². The van der Waals surface area contributed by atoms with Crippen LogP contribution in [0.3, 0.4) is 0 Å². The average Bonchev–Trinajstić information content (AvgIpc) is 3.59. The number of sulfonamides is 1. The molecule has 0 saturated carbocycles. The second kappa shape index (κ2) is 13.5. The third-order valence-electron chi connectivity index (χ3n) is 11.5. The van der Waals surface area contributed by atoms with E-state index in [0.717, 1.165) is 17.5 Å². The van der Waals surface area contributed by atoms with E-state index < -0.39 is 42.0 Å². The highest BCUT2D eigenvalue weighted by atomic mass is 32.2. The molecule has 3 heterocycles. The largest absolute Gasteiger partial charge is 0.494 e. The first-order valence-electron chi connectivity index (χ1n) is 17.9. The lowest BCUT2D eigenvalue weighted by atomic mass is 9.72. The summed E-state index contributed by atoms with van der Waals surface area (Å²) in [5.74, 6) is 0.229. The minimum absolute atomic E-state index is 0.123. The lowest BCUT2D eigenvalue weighted by molar-refractivity contribution is -0.158. The first-order valence-corrected chi connectivity index (χ1v) is 21.4. The Kier molecular flexibility index (Phi) is 9.73. The van der Waals surface area contributed by atoms with Gasteiger partial charge in [0.15, 0.2) is 8.32 Å². The summed E-state index contributed by atoms with van der Waals surface area (Å²) in [5, 5.41) is 0. The van der Waals surface area contributed by atoms with Crippen LogP contribution in [0, 0.1) is 0 Å². The molecule has 3 aromatic rings. The number of anilines is 1. The topological polar surface area (TPSA) is 96.5 Å². The molecule has 2 amide bonds. The number of nitrogens with zero attached hydrogens (tertiary/aromatic N) is 3. The molecule has 3 aliphatic heterocycles. The molecular formula is C39H51N3O6SSi. The van der Waals surface area contributed by atoms with E-state index in [-0.39, 0.29) is 23.1 Å². The number of likely N-dealkylation sites (N-methyl/N-ethyl adjacent to an activating group) is 1. The maximum atomic E-state index is 14.6. The third kappa shape index (κ3) is 5.47. The molecule has 0 aromatic heterocycles. The number of para-hydroxylation sites is 1. The fourth-order valence-corrected chi connectivity index (χ4v) is 16.4. The summed E-state index contributed by atoms with van der Waals surface area (Å²) < 4.78 is 43.5. The molecule has 9 nitrogen and oxygen atoms in total. The van der Waals surface area contributed by atoms with Crippen LogP contribution in [0.15, 0.2) is 83.8 Å². The Morgan fingerprint density at radius 2 is 1.42 bits per heavy atom. The number of amides is 2. The molecule has 0 spiro atoms. The van der Waals surface area contributed by atoms with Gasteiger partial charge in [-0.3, -0.25) is 9.59 Å². The minimum Gasteiger partial charge on any atom is -0.494 e. The lowest BCUT2D eigenvalue weighted by Crippen LogP contribution is -2.65. The van der Waals surface area contributed by atoms with Gasteiger partial charge in [0.1, 0.15) is 24.0 Å². The fraction of sp³-hybridized carbons (Fsp3) is 0.487. The molecule has 0 unspecified atom stereocenters. The van der Waals surface area contributed by atoms with E-state index in [4.69, 9.17) is 9.16 Å². The molecule has 2 saturated heterocycles. The van der Waals surface area contributed by atoms with E-state index in [1.807, 2.05) is 42.5 Å². The molecule has 0 bridgehead atoms. The summed E-state index contributed by atoms with van der Waals surface area (Å²) in [6.07, 6.45) is 0.0434. The second-order valence-corrected chi connectivity index (χ2v) is 22.2. The predicted octanol–water partition coefficient (Wildman–Crippen LogP) is 6.93. The molecule has 0 radical (unpaired) electrons. The van der Waals surface area contributed by atoms with Crippen molar-refractivity contribution in [2.75, 3.05) is 24.6 Å². The Hall–Kier alpha value is -3.67. The van der Waals surface area contributed by atoms with Crippen molar-refractivity contribution < 1.29 is 27.2 Å². The van der Waals surface area contributed by atoms with Crippen LogP contribution < -0.4 is 9.04 Å². The highest BCUT2D eigenvalue weighted by Crippen LogP contribution is 2.60. The molecule has 0 aliphatic carbocycles. The molecule has 3 aliphatic rings. The van der Waals surface area contributed by atoms with Crippen LogP contribution >= 0.6 is 0 Å².